The fourth-order valence-corrected chi connectivity index (χ4v) is 7.14. The summed E-state index contributed by atoms with van der Waals surface area (Å²) in [6.07, 6.45) is 39.6. The molecular formula is C45H88NO8P. The molecule has 0 aliphatic rings. The van der Waals surface area contributed by atoms with Gasteiger partial charge in [-0.15, -0.1) is 0 Å². The molecule has 0 radical (unpaired) electrons. The van der Waals surface area contributed by atoms with Crippen molar-refractivity contribution in [3.8, 4) is 0 Å². The van der Waals surface area contributed by atoms with Gasteiger partial charge in [0.15, 0.2) is 6.10 Å². The predicted octanol–water partition coefficient (Wildman–Crippen LogP) is 12.3. The number of ether oxygens (including phenoxy) is 2. The van der Waals surface area contributed by atoms with Gasteiger partial charge in [-0.05, 0) is 38.5 Å². The van der Waals surface area contributed by atoms with Crippen LogP contribution in [0.25, 0.3) is 0 Å². The van der Waals surface area contributed by atoms with E-state index in [1.165, 1.54) is 141 Å². The van der Waals surface area contributed by atoms with Crippen LogP contribution in [0.15, 0.2) is 12.2 Å². The second-order valence-electron chi connectivity index (χ2n) is 16.8. The van der Waals surface area contributed by atoms with Crippen LogP contribution in [-0.2, 0) is 32.7 Å². The summed E-state index contributed by atoms with van der Waals surface area (Å²) in [4.78, 5) is 37.5. The Kier molecular flexibility index (Phi) is 37.4. The number of phosphoric ester groups is 1. The zero-order chi connectivity index (χ0) is 40.7. The average Bonchev–Trinajstić information content (AvgIpc) is 3.13. The lowest BCUT2D eigenvalue weighted by atomic mass is 10.0. The number of hydrogen-bond acceptors (Lipinski definition) is 8. The van der Waals surface area contributed by atoms with Crippen molar-refractivity contribution in [3.63, 3.8) is 0 Å². The first kappa shape index (κ1) is 53.8. The minimum absolute atomic E-state index is 0.0277. The zero-order valence-electron chi connectivity index (χ0n) is 36.6. The highest BCUT2D eigenvalue weighted by Gasteiger charge is 2.21. The molecule has 0 aliphatic carbocycles. The van der Waals surface area contributed by atoms with Gasteiger partial charge in [0.1, 0.15) is 19.8 Å². The van der Waals surface area contributed by atoms with E-state index < -0.39 is 26.5 Å². The molecule has 0 heterocycles. The number of allylic oxidation sites excluding steroid dienone is 2. The first-order chi connectivity index (χ1) is 26.5. The molecule has 0 bridgehead atoms. The zero-order valence-corrected chi connectivity index (χ0v) is 37.5. The molecule has 0 saturated heterocycles. The second-order valence-corrected chi connectivity index (χ2v) is 18.2. The van der Waals surface area contributed by atoms with Crippen molar-refractivity contribution >= 4 is 19.8 Å². The van der Waals surface area contributed by atoms with Crippen LogP contribution in [0.2, 0.25) is 0 Å². The van der Waals surface area contributed by atoms with Crippen molar-refractivity contribution < 1.29 is 42.1 Å². The Morgan fingerprint density at radius 1 is 0.545 bits per heavy atom. The molecule has 0 aliphatic heterocycles. The highest BCUT2D eigenvalue weighted by molar-refractivity contribution is 7.45. The summed E-state index contributed by atoms with van der Waals surface area (Å²) in [6.45, 7) is 4.23. The maximum Gasteiger partial charge on any atom is 0.306 e. The number of nitrogens with zero attached hydrogens (tertiary/aromatic N) is 1. The number of hydrogen-bond donors (Lipinski definition) is 0. The predicted molar refractivity (Wildman–Crippen MR) is 227 cm³/mol. The van der Waals surface area contributed by atoms with Gasteiger partial charge in [0.25, 0.3) is 7.82 Å². The number of rotatable bonds is 42. The van der Waals surface area contributed by atoms with E-state index in [1.54, 1.807) is 0 Å². The number of esters is 2. The molecule has 0 aromatic carbocycles. The van der Waals surface area contributed by atoms with Crippen LogP contribution in [0, 0.1) is 0 Å². The summed E-state index contributed by atoms with van der Waals surface area (Å²) < 4.78 is 33.9. The molecule has 326 valence electrons. The average molecular weight is 802 g/mol. The molecule has 2 atom stereocenters. The maximum absolute atomic E-state index is 12.7. The first-order valence-electron chi connectivity index (χ1n) is 22.9. The maximum atomic E-state index is 12.7. The van der Waals surface area contributed by atoms with E-state index in [2.05, 4.69) is 26.0 Å². The van der Waals surface area contributed by atoms with E-state index in [9.17, 15) is 19.0 Å². The number of unbranched alkanes of at least 4 members (excludes halogenated alkanes) is 26. The fourth-order valence-electron chi connectivity index (χ4n) is 6.41. The summed E-state index contributed by atoms with van der Waals surface area (Å²) in [5.41, 5.74) is 0. The van der Waals surface area contributed by atoms with Crippen LogP contribution < -0.4 is 4.89 Å². The highest BCUT2D eigenvalue weighted by atomic mass is 31.2. The van der Waals surface area contributed by atoms with Crippen LogP contribution in [0.1, 0.15) is 213 Å². The molecule has 1 unspecified atom stereocenters. The summed E-state index contributed by atoms with van der Waals surface area (Å²) in [5, 5.41) is 0. The van der Waals surface area contributed by atoms with Gasteiger partial charge < -0.3 is 27.9 Å². The molecule has 55 heavy (non-hydrogen) atoms. The Morgan fingerprint density at radius 2 is 0.927 bits per heavy atom. The molecule has 0 N–H and O–H groups in total. The Balaban J connectivity index is 4.22. The van der Waals surface area contributed by atoms with Gasteiger partial charge in [0, 0.05) is 12.8 Å². The van der Waals surface area contributed by atoms with E-state index in [-0.39, 0.29) is 32.0 Å². The number of likely N-dealkylation sites (N-methyl/N-ethyl adjacent to an activating group) is 1. The van der Waals surface area contributed by atoms with E-state index in [0.717, 1.165) is 38.5 Å². The molecule has 0 spiro atoms. The quantitative estimate of drug-likeness (QED) is 0.0197. The first-order valence-corrected chi connectivity index (χ1v) is 24.4. The smallest absolute Gasteiger partial charge is 0.306 e. The monoisotopic (exact) mass is 802 g/mol. The molecule has 0 aromatic heterocycles. The Morgan fingerprint density at radius 3 is 1.35 bits per heavy atom. The molecule has 0 amide bonds. The second kappa shape index (κ2) is 38.3. The summed E-state index contributed by atoms with van der Waals surface area (Å²) >= 11 is 0. The minimum Gasteiger partial charge on any atom is -0.756 e. The standard InChI is InChI=1S/C45H88NO8P/c1-6-8-10-12-14-16-18-19-20-21-22-23-24-25-26-27-28-30-32-34-36-38-45(48)54-43(42-53-55(49,50)52-40-39-46(3,4)5)41-51-44(47)37-35-33-31-29-17-15-13-11-9-7-2/h19-20,43H,6-18,21-42H2,1-5H3/b20-19+/t43-/m1/s1. The summed E-state index contributed by atoms with van der Waals surface area (Å²) in [7, 11) is 1.17. The third-order valence-electron chi connectivity index (χ3n) is 10.0. The molecule has 0 rings (SSSR count). The molecular weight excluding hydrogens is 713 g/mol. The van der Waals surface area contributed by atoms with Crippen molar-refractivity contribution in [1.29, 1.82) is 0 Å². The highest BCUT2D eigenvalue weighted by Crippen LogP contribution is 2.38. The van der Waals surface area contributed by atoms with Gasteiger partial charge in [-0.3, -0.25) is 14.2 Å². The normalized spacial score (nSPS) is 13.6. The van der Waals surface area contributed by atoms with E-state index in [1.807, 2.05) is 21.1 Å². The third kappa shape index (κ3) is 42.2. The number of phosphoric acid groups is 1. The van der Waals surface area contributed by atoms with Crippen molar-refractivity contribution in [2.45, 2.75) is 219 Å². The largest absolute Gasteiger partial charge is 0.756 e. The van der Waals surface area contributed by atoms with Crippen LogP contribution in [0.4, 0.5) is 0 Å². The summed E-state index contributed by atoms with van der Waals surface area (Å²) in [6, 6.07) is 0. The van der Waals surface area contributed by atoms with Crippen molar-refractivity contribution in [2.75, 3.05) is 47.5 Å². The number of carbonyl (C=O) groups excluding carboxylic acids is 2. The van der Waals surface area contributed by atoms with Gasteiger partial charge in [-0.2, -0.15) is 0 Å². The van der Waals surface area contributed by atoms with Crippen LogP contribution in [-0.4, -0.2) is 70.0 Å². The van der Waals surface area contributed by atoms with Crippen molar-refractivity contribution in [3.05, 3.63) is 12.2 Å². The van der Waals surface area contributed by atoms with Crippen LogP contribution in [0.3, 0.4) is 0 Å². The fraction of sp³-hybridized carbons (Fsp3) is 0.911. The lowest BCUT2D eigenvalue weighted by Gasteiger charge is -2.28. The van der Waals surface area contributed by atoms with Crippen molar-refractivity contribution in [1.82, 2.24) is 0 Å². The molecule has 9 nitrogen and oxygen atoms in total. The molecule has 0 aromatic rings. The van der Waals surface area contributed by atoms with E-state index in [0.29, 0.717) is 17.4 Å². The SMILES string of the molecule is CCCCCCCC/C=C/CCCCCCCCCCCCCC(=O)O[C@H](COC(=O)CCCCCCCCCCCC)COP(=O)([O-])OCC[N+](C)(C)C. The van der Waals surface area contributed by atoms with E-state index in [4.69, 9.17) is 18.5 Å². The lowest BCUT2D eigenvalue weighted by Crippen LogP contribution is -2.37. The van der Waals surface area contributed by atoms with E-state index >= 15 is 0 Å². The molecule has 0 fully saturated rings. The van der Waals surface area contributed by atoms with Gasteiger partial charge in [0.05, 0.1) is 27.7 Å². The number of quaternary nitrogens is 1. The van der Waals surface area contributed by atoms with Gasteiger partial charge in [-0.25, -0.2) is 0 Å². The minimum atomic E-state index is -4.62. The Hall–Kier alpha value is -1.25. The topological polar surface area (TPSA) is 111 Å². The summed E-state index contributed by atoms with van der Waals surface area (Å²) in [5.74, 6) is -0.828. The lowest BCUT2D eigenvalue weighted by molar-refractivity contribution is -0.870. The van der Waals surface area contributed by atoms with Crippen molar-refractivity contribution in [2.24, 2.45) is 0 Å². The van der Waals surface area contributed by atoms with Gasteiger partial charge in [0.2, 0.25) is 0 Å². The van der Waals surface area contributed by atoms with Gasteiger partial charge in [-0.1, -0.05) is 174 Å². The molecule has 10 heteroatoms. The Labute approximate surface area is 339 Å². The van der Waals surface area contributed by atoms with Crippen LogP contribution >= 0.6 is 7.82 Å². The Bertz CT molecular complexity index is 954. The van der Waals surface area contributed by atoms with Crippen LogP contribution in [0.5, 0.6) is 0 Å². The third-order valence-corrected chi connectivity index (χ3v) is 11.0. The van der Waals surface area contributed by atoms with Gasteiger partial charge >= 0.3 is 11.9 Å². The number of carbonyl (C=O) groups is 2. The molecule has 0 saturated carbocycles.